The van der Waals surface area contributed by atoms with Crippen molar-refractivity contribution in [2.24, 2.45) is 5.73 Å². The van der Waals surface area contributed by atoms with Crippen LogP contribution in [0.2, 0.25) is 5.02 Å². The van der Waals surface area contributed by atoms with E-state index in [4.69, 9.17) is 22.1 Å². The van der Waals surface area contributed by atoms with E-state index in [0.29, 0.717) is 16.3 Å². The third-order valence-electron chi connectivity index (χ3n) is 5.79. The fraction of sp³-hybridized carbons (Fsp3) is 0.379. The van der Waals surface area contributed by atoms with Gasteiger partial charge in [0, 0.05) is 13.0 Å². The Morgan fingerprint density at radius 1 is 1.08 bits per heavy atom. The third kappa shape index (κ3) is 9.14. The summed E-state index contributed by atoms with van der Waals surface area (Å²) in [6, 6.07) is 10.1. The van der Waals surface area contributed by atoms with Gasteiger partial charge in [-0.1, -0.05) is 54.1 Å². The number of hydrogen-bond donors (Lipinski definition) is 3. The van der Waals surface area contributed by atoms with Gasteiger partial charge in [-0.15, -0.1) is 6.58 Å². The summed E-state index contributed by atoms with van der Waals surface area (Å²) in [7, 11) is 0. The number of benzene rings is 2. The topological polar surface area (TPSA) is 131 Å². The fourth-order valence-corrected chi connectivity index (χ4v) is 4.25. The lowest BCUT2D eigenvalue weighted by atomic mass is 9.97. The van der Waals surface area contributed by atoms with Crippen LogP contribution in [-0.4, -0.2) is 46.9 Å². The maximum Gasteiger partial charge on any atom is 0.408 e. The van der Waals surface area contributed by atoms with Gasteiger partial charge in [0.2, 0.25) is 11.8 Å². The average molecular weight is 557 g/mol. The van der Waals surface area contributed by atoms with Crippen LogP contribution in [0.1, 0.15) is 56.3 Å². The quantitative estimate of drug-likeness (QED) is 0.342. The van der Waals surface area contributed by atoms with E-state index >= 15 is 0 Å². The standard InChI is InChI=1S/C29H37ClN4O5/c1-7-17-34(27(37)22(15-16-23(31)35)32-28(38)39-29(4,5)6)25(20-13-9-8-11-18(20)2)26(36)33-24-19(3)12-10-14-21(24)30/h7-14,22,25H,1,15-17H2,2-6H3,(H2,31,35)(H,32,38)(H,33,36). The Balaban J connectivity index is 2.56. The molecule has 10 heteroatoms. The zero-order valence-electron chi connectivity index (χ0n) is 23.0. The number of nitrogens with zero attached hydrogens (tertiary/aromatic N) is 1. The molecule has 0 spiro atoms. The molecular weight excluding hydrogens is 520 g/mol. The van der Waals surface area contributed by atoms with Gasteiger partial charge in [-0.05, 0) is 63.8 Å². The number of aryl methyl sites for hydroxylation is 2. The van der Waals surface area contributed by atoms with Crippen LogP contribution < -0.4 is 16.4 Å². The van der Waals surface area contributed by atoms with Crippen LogP contribution in [0.4, 0.5) is 10.5 Å². The Hall–Kier alpha value is -3.85. The first kappa shape index (κ1) is 31.4. The van der Waals surface area contributed by atoms with Crippen molar-refractivity contribution >= 4 is 41.1 Å². The minimum Gasteiger partial charge on any atom is -0.444 e. The van der Waals surface area contributed by atoms with E-state index in [1.54, 1.807) is 45.0 Å². The number of nitrogens with two attached hydrogens (primary N) is 1. The van der Waals surface area contributed by atoms with Gasteiger partial charge in [0.25, 0.3) is 5.91 Å². The molecule has 2 aromatic rings. The number of carbonyl (C=O) groups is 4. The molecule has 4 amide bonds. The summed E-state index contributed by atoms with van der Waals surface area (Å²) < 4.78 is 5.33. The number of primary amides is 1. The van der Waals surface area contributed by atoms with Crippen molar-refractivity contribution in [2.45, 2.75) is 65.1 Å². The Bertz CT molecular complexity index is 1200. The number of anilines is 1. The van der Waals surface area contributed by atoms with Crippen LogP contribution in [0.3, 0.4) is 0 Å². The maximum atomic E-state index is 14.0. The summed E-state index contributed by atoms with van der Waals surface area (Å²) >= 11 is 6.37. The molecular formula is C29H37ClN4O5. The molecule has 2 atom stereocenters. The summed E-state index contributed by atoms with van der Waals surface area (Å²) in [6.07, 6.45) is 0.379. The molecule has 0 aromatic heterocycles. The van der Waals surface area contributed by atoms with Crippen molar-refractivity contribution in [1.82, 2.24) is 10.2 Å². The second-order valence-corrected chi connectivity index (χ2v) is 10.6. The SMILES string of the molecule is C=CCN(C(=O)C(CCC(N)=O)NC(=O)OC(C)(C)C)C(C(=O)Nc1c(C)cccc1Cl)c1ccccc1C. The molecule has 0 fully saturated rings. The highest BCUT2D eigenvalue weighted by Crippen LogP contribution is 2.30. The summed E-state index contributed by atoms with van der Waals surface area (Å²) in [5.74, 6) is -1.76. The highest BCUT2D eigenvalue weighted by molar-refractivity contribution is 6.34. The van der Waals surface area contributed by atoms with E-state index in [-0.39, 0.29) is 19.4 Å². The van der Waals surface area contributed by atoms with Crippen LogP contribution in [0.5, 0.6) is 0 Å². The molecule has 4 N–H and O–H groups in total. The van der Waals surface area contributed by atoms with E-state index in [0.717, 1.165) is 11.1 Å². The molecule has 0 aliphatic heterocycles. The fourth-order valence-electron chi connectivity index (χ4n) is 3.98. The molecule has 0 bridgehead atoms. The van der Waals surface area contributed by atoms with Gasteiger partial charge in [0.1, 0.15) is 17.7 Å². The number of para-hydroxylation sites is 1. The lowest BCUT2D eigenvalue weighted by molar-refractivity contribution is -0.140. The second-order valence-electron chi connectivity index (χ2n) is 10.2. The van der Waals surface area contributed by atoms with E-state index < -0.39 is 41.5 Å². The normalized spacial score (nSPS) is 12.6. The Kier molecular flexibility index (Phi) is 11.1. The van der Waals surface area contributed by atoms with Crippen molar-refractivity contribution in [2.75, 3.05) is 11.9 Å². The molecule has 0 heterocycles. The van der Waals surface area contributed by atoms with Crippen LogP contribution in [0, 0.1) is 13.8 Å². The minimum atomic E-state index is -1.20. The molecule has 9 nitrogen and oxygen atoms in total. The first-order valence-corrected chi connectivity index (χ1v) is 12.9. The van der Waals surface area contributed by atoms with Crippen molar-refractivity contribution in [3.8, 4) is 0 Å². The molecule has 210 valence electrons. The molecule has 0 radical (unpaired) electrons. The smallest absolute Gasteiger partial charge is 0.408 e. The van der Waals surface area contributed by atoms with E-state index in [1.165, 1.54) is 11.0 Å². The number of halogens is 1. The molecule has 0 saturated heterocycles. The monoisotopic (exact) mass is 556 g/mol. The summed E-state index contributed by atoms with van der Waals surface area (Å²) in [5.41, 5.74) is 7.02. The van der Waals surface area contributed by atoms with Gasteiger partial charge in [-0.25, -0.2) is 4.79 Å². The minimum absolute atomic E-state index is 0.0319. The van der Waals surface area contributed by atoms with E-state index in [2.05, 4.69) is 17.2 Å². The van der Waals surface area contributed by atoms with Gasteiger partial charge in [-0.3, -0.25) is 14.4 Å². The molecule has 0 aliphatic rings. The number of alkyl carbamates (subject to hydrolysis) is 1. The van der Waals surface area contributed by atoms with Crippen LogP contribution in [0.15, 0.2) is 55.1 Å². The van der Waals surface area contributed by atoms with E-state index in [1.807, 2.05) is 32.0 Å². The maximum absolute atomic E-state index is 14.0. The van der Waals surface area contributed by atoms with Gasteiger partial charge < -0.3 is 26.0 Å². The lowest BCUT2D eigenvalue weighted by Gasteiger charge is -2.34. The Morgan fingerprint density at radius 2 is 1.72 bits per heavy atom. The molecule has 2 unspecified atom stereocenters. The number of ether oxygens (including phenoxy) is 1. The van der Waals surface area contributed by atoms with Crippen molar-refractivity contribution in [3.05, 3.63) is 76.8 Å². The molecule has 2 rings (SSSR count). The highest BCUT2D eigenvalue weighted by atomic mass is 35.5. The number of amides is 4. The van der Waals surface area contributed by atoms with Crippen LogP contribution in [-0.2, 0) is 19.1 Å². The van der Waals surface area contributed by atoms with Crippen LogP contribution in [0.25, 0.3) is 0 Å². The Morgan fingerprint density at radius 3 is 2.28 bits per heavy atom. The number of hydrogen-bond acceptors (Lipinski definition) is 5. The first-order chi connectivity index (χ1) is 18.2. The van der Waals surface area contributed by atoms with E-state index in [9.17, 15) is 19.2 Å². The second kappa shape index (κ2) is 13.8. The van der Waals surface area contributed by atoms with Crippen LogP contribution >= 0.6 is 11.6 Å². The Labute approximate surface area is 234 Å². The predicted molar refractivity (Wildman–Crippen MR) is 152 cm³/mol. The summed E-state index contributed by atoms with van der Waals surface area (Å²) in [6.45, 7) is 12.4. The average Bonchev–Trinajstić information content (AvgIpc) is 2.83. The van der Waals surface area contributed by atoms with Gasteiger partial charge in [0.15, 0.2) is 0 Å². The van der Waals surface area contributed by atoms with Crippen molar-refractivity contribution in [3.63, 3.8) is 0 Å². The van der Waals surface area contributed by atoms with Crippen molar-refractivity contribution < 1.29 is 23.9 Å². The molecule has 2 aromatic carbocycles. The molecule has 0 aliphatic carbocycles. The predicted octanol–water partition coefficient (Wildman–Crippen LogP) is 4.81. The third-order valence-corrected chi connectivity index (χ3v) is 6.11. The number of nitrogens with one attached hydrogen (secondary N) is 2. The summed E-state index contributed by atoms with van der Waals surface area (Å²) in [5, 5.41) is 5.77. The summed E-state index contributed by atoms with van der Waals surface area (Å²) in [4.78, 5) is 53.4. The number of carbonyl (C=O) groups excluding carboxylic acids is 4. The first-order valence-electron chi connectivity index (χ1n) is 12.6. The molecule has 0 saturated carbocycles. The lowest BCUT2D eigenvalue weighted by Crippen LogP contribution is -2.52. The zero-order chi connectivity index (χ0) is 29.3. The zero-order valence-corrected chi connectivity index (χ0v) is 23.8. The highest BCUT2D eigenvalue weighted by Gasteiger charge is 2.36. The van der Waals surface area contributed by atoms with Gasteiger partial charge in [-0.2, -0.15) is 0 Å². The largest absolute Gasteiger partial charge is 0.444 e. The van der Waals surface area contributed by atoms with Gasteiger partial charge >= 0.3 is 6.09 Å². The molecule has 39 heavy (non-hydrogen) atoms. The van der Waals surface area contributed by atoms with Gasteiger partial charge in [0.05, 0.1) is 10.7 Å². The number of rotatable bonds is 11. The van der Waals surface area contributed by atoms with Crippen molar-refractivity contribution in [1.29, 1.82) is 0 Å².